The van der Waals surface area contributed by atoms with Gasteiger partial charge in [0.25, 0.3) is 0 Å². The quantitative estimate of drug-likeness (QED) is 0.796. The molecule has 154 valence electrons. The van der Waals surface area contributed by atoms with Crippen LogP contribution in [0, 0.1) is 6.92 Å². The topological polar surface area (TPSA) is 53.1 Å². The van der Waals surface area contributed by atoms with Crippen molar-refractivity contribution in [3.8, 4) is 5.75 Å². The van der Waals surface area contributed by atoms with Crippen molar-refractivity contribution in [2.24, 2.45) is 0 Å². The predicted octanol–water partition coefficient (Wildman–Crippen LogP) is 2.44. The van der Waals surface area contributed by atoms with Crippen LogP contribution in [-0.2, 0) is 16.1 Å². The molecule has 6 heteroatoms. The van der Waals surface area contributed by atoms with Gasteiger partial charge in [-0.1, -0.05) is 17.7 Å². The second-order valence-electron chi connectivity index (χ2n) is 8.11. The number of nitrogens with zero attached hydrogens (tertiary/aromatic N) is 3. The van der Waals surface area contributed by atoms with E-state index in [2.05, 4.69) is 24.0 Å². The Morgan fingerprint density at radius 2 is 1.86 bits per heavy atom. The van der Waals surface area contributed by atoms with Crippen LogP contribution >= 0.6 is 0 Å². The molecular formula is C22H33N3O3. The van der Waals surface area contributed by atoms with E-state index < -0.39 is 0 Å². The molecule has 0 unspecified atom stereocenters. The normalized spacial score (nSPS) is 18.9. The Morgan fingerprint density at radius 3 is 2.46 bits per heavy atom. The Balaban J connectivity index is 1.72. The zero-order chi connectivity index (χ0) is 20.3. The summed E-state index contributed by atoms with van der Waals surface area (Å²) >= 11 is 0. The summed E-state index contributed by atoms with van der Waals surface area (Å²) in [6.07, 6.45) is 1.63. The van der Waals surface area contributed by atoms with E-state index in [4.69, 9.17) is 4.74 Å². The molecule has 2 amide bonds. The van der Waals surface area contributed by atoms with Gasteiger partial charge in [-0.05, 0) is 26.8 Å². The van der Waals surface area contributed by atoms with E-state index in [1.54, 1.807) is 6.92 Å². The smallest absolute Gasteiger partial charge is 0.236 e. The first-order valence-corrected chi connectivity index (χ1v) is 10.4. The van der Waals surface area contributed by atoms with Gasteiger partial charge in [0.05, 0.1) is 13.1 Å². The molecule has 3 rings (SSSR count). The zero-order valence-corrected chi connectivity index (χ0v) is 17.7. The first kappa shape index (κ1) is 20.6. The number of piperidine rings is 1. The van der Waals surface area contributed by atoms with Crippen LogP contribution in [0.15, 0.2) is 18.2 Å². The first-order chi connectivity index (χ1) is 13.4. The minimum atomic E-state index is -0.374. The van der Waals surface area contributed by atoms with Crippen molar-refractivity contribution >= 4 is 11.8 Å². The molecule has 0 bridgehead atoms. The number of rotatable bonds is 4. The fourth-order valence-corrected chi connectivity index (χ4v) is 4.28. The molecule has 28 heavy (non-hydrogen) atoms. The van der Waals surface area contributed by atoms with Gasteiger partial charge < -0.3 is 14.5 Å². The maximum absolute atomic E-state index is 12.4. The summed E-state index contributed by atoms with van der Waals surface area (Å²) < 4.78 is 6.55. The standard InChI is InChI=1S/C22H33N3O3/c1-5-24(6-2)21(27)15-23-11-9-22(10-12-23)16-25(18(4)26)14-19-13-17(3)7-8-20(19)28-22/h7-8,13H,5-6,9-12,14-16H2,1-4H3. The first-order valence-electron chi connectivity index (χ1n) is 10.4. The highest BCUT2D eigenvalue weighted by Crippen LogP contribution is 2.36. The Hall–Kier alpha value is -2.08. The van der Waals surface area contributed by atoms with Crippen LogP contribution in [0.5, 0.6) is 5.75 Å². The Bertz CT molecular complexity index is 722. The van der Waals surface area contributed by atoms with Crippen molar-refractivity contribution in [3.05, 3.63) is 29.3 Å². The third-order valence-electron chi connectivity index (χ3n) is 6.07. The lowest BCUT2D eigenvalue weighted by Gasteiger charge is -2.42. The molecule has 0 aromatic heterocycles. The van der Waals surface area contributed by atoms with Crippen LogP contribution in [0.25, 0.3) is 0 Å². The van der Waals surface area contributed by atoms with Crippen molar-refractivity contribution in [3.63, 3.8) is 0 Å². The molecule has 0 N–H and O–H groups in total. The molecule has 0 saturated carbocycles. The molecule has 0 radical (unpaired) electrons. The van der Waals surface area contributed by atoms with Gasteiger partial charge >= 0.3 is 0 Å². The molecule has 6 nitrogen and oxygen atoms in total. The largest absolute Gasteiger partial charge is 0.485 e. The van der Waals surface area contributed by atoms with Crippen LogP contribution in [0.2, 0.25) is 0 Å². The number of hydrogen-bond donors (Lipinski definition) is 0. The summed E-state index contributed by atoms with van der Waals surface area (Å²) in [6, 6.07) is 6.21. The fourth-order valence-electron chi connectivity index (χ4n) is 4.28. The summed E-state index contributed by atoms with van der Waals surface area (Å²) in [4.78, 5) is 30.7. The summed E-state index contributed by atoms with van der Waals surface area (Å²) in [5.74, 6) is 1.16. The third-order valence-corrected chi connectivity index (χ3v) is 6.07. The van der Waals surface area contributed by atoms with Gasteiger partial charge in [0.1, 0.15) is 11.4 Å². The SMILES string of the molecule is CCN(CC)C(=O)CN1CCC2(CC1)CN(C(C)=O)Cc1cc(C)ccc1O2. The van der Waals surface area contributed by atoms with E-state index in [0.29, 0.717) is 19.6 Å². The molecule has 0 atom stereocenters. The maximum atomic E-state index is 12.4. The monoisotopic (exact) mass is 387 g/mol. The minimum Gasteiger partial charge on any atom is -0.485 e. The molecule has 2 aliphatic rings. The number of carbonyl (C=O) groups excluding carboxylic acids is 2. The number of carbonyl (C=O) groups is 2. The van der Waals surface area contributed by atoms with Gasteiger partial charge in [-0.3, -0.25) is 14.5 Å². The van der Waals surface area contributed by atoms with Crippen molar-refractivity contribution in [1.82, 2.24) is 14.7 Å². The number of likely N-dealkylation sites (N-methyl/N-ethyl adjacent to an activating group) is 1. The van der Waals surface area contributed by atoms with Crippen LogP contribution in [-0.4, -0.2) is 71.4 Å². The van der Waals surface area contributed by atoms with E-state index in [9.17, 15) is 9.59 Å². The summed E-state index contributed by atoms with van der Waals surface area (Å²) in [7, 11) is 0. The molecule has 2 aliphatic heterocycles. The number of aryl methyl sites for hydroxylation is 1. The highest BCUT2D eigenvalue weighted by Gasteiger charge is 2.41. The number of benzene rings is 1. The molecule has 1 spiro atoms. The lowest BCUT2D eigenvalue weighted by molar-refractivity contribution is -0.134. The lowest BCUT2D eigenvalue weighted by Crippen LogP contribution is -2.55. The summed E-state index contributed by atoms with van der Waals surface area (Å²) in [5, 5.41) is 0. The van der Waals surface area contributed by atoms with Gasteiger partial charge in [-0.2, -0.15) is 0 Å². The van der Waals surface area contributed by atoms with Crippen LogP contribution in [0.3, 0.4) is 0 Å². The van der Waals surface area contributed by atoms with Gasteiger partial charge in [0.15, 0.2) is 0 Å². The lowest BCUT2D eigenvalue weighted by atomic mass is 9.90. The molecular weight excluding hydrogens is 354 g/mol. The van der Waals surface area contributed by atoms with Crippen LogP contribution in [0.1, 0.15) is 44.7 Å². The molecule has 0 aliphatic carbocycles. The average molecular weight is 388 g/mol. The third kappa shape index (κ3) is 4.49. The molecule has 2 heterocycles. The van der Waals surface area contributed by atoms with Gasteiger partial charge in [0, 0.05) is 58.1 Å². The highest BCUT2D eigenvalue weighted by atomic mass is 16.5. The summed E-state index contributed by atoms with van der Waals surface area (Å²) in [6.45, 7) is 12.5. The Labute approximate surface area is 168 Å². The van der Waals surface area contributed by atoms with Crippen molar-refractivity contribution in [2.75, 3.05) is 39.3 Å². The Morgan fingerprint density at radius 1 is 1.18 bits per heavy atom. The highest BCUT2D eigenvalue weighted by molar-refractivity contribution is 5.78. The predicted molar refractivity (Wildman–Crippen MR) is 109 cm³/mol. The average Bonchev–Trinajstić information content (AvgIpc) is 2.81. The number of ether oxygens (including phenoxy) is 1. The van der Waals surface area contributed by atoms with Crippen LogP contribution in [0.4, 0.5) is 0 Å². The second kappa shape index (κ2) is 8.52. The van der Waals surface area contributed by atoms with E-state index in [-0.39, 0.29) is 17.4 Å². The second-order valence-corrected chi connectivity index (χ2v) is 8.11. The zero-order valence-electron chi connectivity index (χ0n) is 17.7. The molecule has 1 saturated heterocycles. The van der Waals surface area contributed by atoms with E-state index in [1.807, 2.05) is 29.7 Å². The Kier molecular flexibility index (Phi) is 6.28. The molecule has 1 aromatic carbocycles. The van der Waals surface area contributed by atoms with Gasteiger partial charge in [-0.25, -0.2) is 0 Å². The number of hydrogen-bond acceptors (Lipinski definition) is 4. The van der Waals surface area contributed by atoms with Crippen LogP contribution < -0.4 is 4.74 Å². The van der Waals surface area contributed by atoms with Crippen molar-refractivity contribution in [1.29, 1.82) is 0 Å². The van der Waals surface area contributed by atoms with Crippen molar-refractivity contribution in [2.45, 2.75) is 52.7 Å². The number of amides is 2. The van der Waals surface area contributed by atoms with Gasteiger partial charge in [0.2, 0.25) is 11.8 Å². The number of fused-ring (bicyclic) bond motifs is 1. The summed E-state index contributed by atoms with van der Waals surface area (Å²) in [5.41, 5.74) is 1.87. The number of likely N-dealkylation sites (tertiary alicyclic amines) is 1. The fraction of sp³-hybridized carbons (Fsp3) is 0.636. The minimum absolute atomic E-state index is 0.0801. The molecule has 1 fully saturated rings. The molecule has 1 aromatic rings. The van der Waals surface area contributed by atoms with E-state index in [1.165, 1.54) is 5.56 Å². The van der Waals surface area contributed by atoms with E-state index in [0.717, 1.165) is 50.3 Å². The van der Waals surface area contributed by atoms with Crippen molar-refractivity contribution < 1.29 is 14.3 Å². The van der Waals surface area contributed by atoms with Gasteiger partial charge in [-0.15, -0.1) is 0 Å². The van der Waals surface area contributed by atoms with E-state index >= 15 is 0 Å². The maximum Gasteiger partial charge on any atom is 0.236 e.